The largest absolute Gasteiger partial charge is 0.342 e. The Hall–Kier alpha value is -0.570. The van der Waals surface area contributed by atoms with Crippen LogP contribution in [0.5, 0.6) is 0 Å². The van der Waals surface area contributed by atoms with Crippen molar-refractivity contribution in [3.05, 3.63) is 0 Å². The highest BCUT2D eigenvalue weighted by Crippen LogP contribution is 2.47. The first-order valence-corrected chi connectivity index (χ1v) is 8.14. The molecule has 2 atom stereocenters. The van der Waals surface area contributed by atoms with Crippen LogP contribution < -0.4 is 5.73 Å². The van der Waals surface area contributed by atoms with E-state index in [1.54, 1.807) is 0 Å². The van der Waals surface area contributed by atoms with E-state index < -0.39 is 0 Å². The second-order valence-electron chi connectivity index (χ2n) is 7.34. The molecule has 3 rings (SSSR count). The molecule has 1 heterocycles. The normalized spacial score (nSPS) is 42.4. The van der Waals surface area contributed by atoms with Crippen LogP contribution in [-0.4, -0.2) is 30.4 Å². The third-order valence-electron chi connectivity index (χ3n) is 5.90. The molecular formula is C16H28N2O. The molecule has 3 heteroatoms. The lowest BCUT2D eigenvalue weighted by Crippen LogP contribution is -2.57. The van der Waals surface area contributed by atoms with Gasteiger partial charge in [0.1, 0.15) is 0 Å². The highest BCUT2D eigenvalue weighted by atomic mass is 16.2. The number of fused-ring (bicyclic) bond motifs is 1. The fraction of sp³-hybridized carbons (Fsp3) is 0.938. The number of likely N-dealkylation sites (tertiary alicyclic amines) is 1. The van der Waals surface area contributed by atoms with Crippen molar-refractivity contribution in [1.29, 1.82) is 0 Å². The average Bonchev–Trinajstić information content (AvgIpc) is 2.42. The molecule has 0 spiro atoms. The second-order valence-corrected chi connectivity index (χ2v) is 7.34. The van der Waals surface area contributed by atoms with Crippen LogP contribution in [0.3, 0.4) is 0 Å². The Kier molecular flexibility index (Phi) is 3.59. The smallest absolute Gasteiger partial charge is 0.230 e. The van der Waals surface area contributed by atoms with Crippen molar-refractivity contribution in [2.75, 3.05) is 19.6 Å². The van der Waals surface area contributed by atoms with E-state index in [-0.39, 0.29) is 5.41 Å². The van der Waals surface area contributed by atoms with Gasteiger partial charge in [-0.25, -0.2) is 0 Å². The van der Waals surface area contributed by atoms with E-state index in [0.717, 1.165) is 37.8 Å². The molecule has 0 bridgehead atoms. The standard InChI is InChI=1S/C16H28N2O/c1-12-8-16(9-12,11-17)15(19)18-7-6-13-4-2-3-5-14(13)10-18/h12-14H,2-11,17H2,1H3. The first-order chi connectivity index (χ1) is 9.14. The Bertz CT molecular complexity index is 349. The molecule has 2 N–H and O–H groups in total. The highest BCUT2D eigenvalue weighted by Gasteiger charge is 2.49. The third kappa shape index (κ3) is 2.31. The van der Waals surface area contributed by atoms with Gasteiger partial charge in [-0.2, -0.15) is 0 Å². The van der Waals surface area contributed by atoms with Crippen LogP contribution in [0.4, 0.5) is 0 Å². The molecule has 0 radical (unpaired) electrons. The van der Waals surface area contributed by atoms with Gasteiger partial charge in [-0.15, -0.1) is 0 Å². The van der Waals surface area contributed by atoms with Gasteiger partial charge in [0.15, 0.2) is 0 Å². The number of hydrogen-bond acceptors (Lipinski definition) is 2. The van der Waals surface area contributed by atoms with Crippen molar-refractivity contribution in [2.24, 2.45) is 28.9 Å². The van der Waals surface area contributed by atoms with E-state index in [1.807, 2.05) is 0 Å². The maximum absolute atomic E-state index is 12.8. The topological polar surface area (TPSA) is 46.3 Å². The van der Waals surface area contributed by atoms with Crippen molar-refractivity contribution in [3.63, 3.8) is 0 Å². The van der Waals surface area contributed by atoms with Crippen molar-refractivity contribution >= 4 is 5.91 Å². The maximum Gasteiger partial charge on any atom is 0.230 e. The molecule has 0 aromatic carbocycles. The lowest BCUT2D eigenvalue weighted by molar-refractivity contribution is -0.152. The van der Waals surface area contributed by atoms with Crippen molar-refractivity contribution in [2.45, 2.75) is 51.9 Å². The van der Waals surface area contributed by atoms with Gasteiger partial charge < -0.3 is 10.6 Å². The zero-order valence-electron chi connectivity index (χ0n) is 12.2. The van der Waals surface area contributed by atoms with E-state index in [1.165, 1.54) is 32.1 Å². The SMILES string of the molecule is CC1CC(CN)(C(=O)N2CCC3CCCCC3C2)C1. The molecule has 2 unspecified atom stereocenters. The summed E-state index contributed by atoms with van der Waals surface area (Å²) < 4.78 is 0. The summed E-state index contributed by atoms with van der Waals surface area (Å²) in [5, 5.41) is 0. The first-order valence-electron chi connectivity index (χ1n) is 8.14. The summed E-state index contributed by atoms with van der Waals surface area (Å²) in [6.45, 7) is 4.77. The lowest BCUT2D eigenvalue weighted by Gasteiger charge is -2.49. The molecule has 1 amide bonds. The van der Waals surface area contributed by atoms with Gasteiger partial charge in [0.05, 0.1) is 5.41 Å². The monoisotopic (exact) mass is 264 g/mol. The molecular weight excluding hydrogens is 236 g/mol. The fourth-order valence-electron chi connectivity index (χ4n) is 4.82. The summed E-state index contributed by atoms with van der Waals surface area (Å²) in [6.07, 6.45) is 8.74. The fourth-order valence-corrected chi connectivity index (χ4v) is 4.82. The number of nitrogens with two attached hydrogens (primary N) is 1. The maximum atomic E-state index is 12.8. The Balaban J connectivity index is 1.64. The molecule has 3 nitrogen and oxygen atoms in total. The van der Waals surface area contributed by atoms with E-state index in [9.17, 15) is 4.79 Å². The van der Waals surface area contributed by atoms with Crippen LogP contribution in [0.2, 0.25) is 0 Å². The quantitative estimate of drug-likeness (QED) is 0.832. The molecule has 2 saturated carbocycles. The molecule has 3 aliphatic rings. The van der Waals surface area contributed by atoms with Gasteiger partial charge in [0.2, 0.25) is 5.91 Å². The number of hydrogen-bond donors (Lipinski definition) is 1. The zero-order chi connectivity index (χ0) is 13.5. The van der Waals surface area contributed by atoms with Gasteiger partial charge in [0, 0.05) is 19.6 Å². The number of amides is 1. The summed E-state index contributed by atoms with van der Waals surface area (Å²) in [6, 6.07) is 0. The minimum atomic E-state index is -0.194. The van der Waals surface area contributed by atoms with Crippen LogP contribution in [-0.2, 0) is 4.79 Å². The van der Waals surface area contributed by atoms with Crippen LogP contribution in [0.1, 0.15) is 51.9 Å². The predicted molar refractivity (Wildman–Crippen MR) is 76.5 cm³/mol. The number of carbonyl (C=O) groups excluding carboxylic acids is 1. The average molecular weight is 264 g/mol. The van der Waals surface area contributed by atoms with Crippen LogP contribution in [0.15, 0.2) is 0 Å². The summed E-state index contributed by atoms with van der Waals surface area (Å²) in [7, 11) is 0. The van der Waals surface area contributed by atoms with Crippen LogP contribution in [0.25, 0.3) is 0 Å². The van der Waals surface area contributed by atoms with Crippen molar-refractivity contribution in [3.8, 4) is 0 Å². The molecule has 1 aliphatic heterocycles. The summed E-state index contributed by atoms with van der Waals surface area (Å²) >= 11 is 0. The molecule has 1 saturated heterocycles. The number of nitrogens with zero attached hydrogens (tertiary/aromatic N) is 1. The summed E-state index contributed by atoms with van der Waals surface area (Å²) in [5.74, 6) is 2.72. The molecule has 3 fully saturated rings. The van der Waals surface area contributed by atoms with Crippen LogP contribution >= 0.6 is 0 Å². The van der Waals surface area contributed by atoms with Gasteiger partial charge in [-0.1, -0.05) is 26.2 Å². The van der Waals surface area contributed by atoms with Gasteiger partial charge in [0.25, 0.3) is 0 Å². The van der Waals surface area contributed by atoms with E-state index >= 15 is 0 Å². The minimum Gasteiger partial charge on any atom is -0.342 e. The van der Waals surface area contributed by atoms with E-state index in [0.29, 0.717) is 18.4 Å². The van der Waals surface area contributed by atoms with Crippen LogP contribution in [0, 0.1) is 23.2 Å². The second kappa shape index (κ2) is 5.08. The Morgan fingerprint density at radius 3 is 2.53 bits per heavy atom. The van der Waals surface area contributed by atoms with E-state index in [4.69, 9.17) is 5.73 Å². The molecule has 108 valence electrons. The highest BCUT2D eigenvalue weighted by molar-refractivity contribution is 5.84. The summed E-state index contributed by atoms with van der Waals surface area (Å²) in [4.78, 5) is 15.0. The predicted octanol–water partition coefficient (Wildman–Crippen LogP) is 2.40. The Labute approximate surface area is 116 Å². The summed E-state index contributed by atoms with van der Waals surface area (Å²) in [5.41, 5.74) is 5.73. The number of carbonyl (C=O) groups is 1. The third-order valence-corrected chi connectivity index (χ3v) is 5.90. The zero-order valence-corrected chi connectivity index (χ0v) is 12.2. The lowest BCUT2D eigenvalue weighted by atomic mass is 9.61. The van der Waals surface area contributed by atoms with Gasteiger partial charge in [-0.3, -0.25) is 4.79 Å². The minimum absolute atomic E-state index is 0.194. The number of piperidine rings is 1. The van der Waals surface area contributed by atoms with Gasteiger partial charge >= 0.3 is 0 Å². The molecule has 19 heavy (non-hydrogen) atoms. The van der Waals surface area contributed by atoms with Gasteiger partial charge in [-0.05, 0) is 43.4 Å². The molecule has 0 aromatic heterocycles. The number of rotatable bonds is 2. The van der Waals surface area contributed by atoms with Crippen molar-refractivity contribution in [1.82, 2.24) is 4.90 Å². The van der Waals surface area contributed by atoms with Crippen molar-refractivity contribution < 1.29 is 4.79 Å². The molecule has 0 aromatic rings. The Morgan fingerprint density at radius 2 is 1.89 bits per heavy atom. The van der Waals surface area contributed by atoms with E-state index in [2.05, 4.69) is 11.8 Å². The first kappa shape index (κ1) is 13.4. The Morgan fingerprint density at radius 1 is 1.21 bits per heavy atom. The molecule has 2 aliphatic carbocycles.